The molecule has 0 aromatic carbocycles. The van der Waals surface area contributed by atoms with Crippen molar-refractivity contribution in [2.24, 2.45) is 10.9 Å². The smallest absolute Gasteiger partial charge is 0.114 e. The van der Waals surface area contributed by atoms with Gasteiger partial charge in [-0.1, -0.05) is 6.58 Å². The highest BCUT2D eigenvalue weighted by atomic mass is 15.2. The van der Waals surface area contributed by atoms with Crippen molar-refractivity contribution in [1.82, 2.24) is 4.90 Å². The highest BCUT2D eigenvalue weighted by Gasteiger charge is 1.86. The molecule has 0 spiro atoms. The highest BCUT2D eigenvalue weighted by molar-refractivity contribution is 5.56. The number of hydrogen-bond acceptors (Lipinski definition) is 2. The Hall–Kier alpha value is -0.990. The molecular formula is C5H11N3. The Balaban J connectivity index is 3.64. The highest BCUT2D eigenvalue weighted by Crippen LogP contribution is 1.88. The molecule has 0 aliphatic heterocycles. The first-order chi connectivity index (χ1) is 3.68. The van der Waals surface area contributed by atoms with Gasteiger partial charge in [-0.25, -0.2) is 0 Å². The zero-order chi connectivity index (χ0) is 6.57. The van der Waals surface area contributed by atoms with Gasteiger partial charge in [0.2, 0.25) is 0 Å². The molecule has 0 saturated carbocycles. The number of hydrazone groups is 1. The molecule has 0 aromatic heterocycles. The Kier molecular flexibility index (Phi) is 2.69. The van der Waals surface area contributed by atoms with Gasteiger partial charge < -0.3 is 10.7 Å². The number of rotatable bonds is 2. The summed E-state index contributed by atoms with van der Waals surface area (Å²) >= 11 is 0. The summed E-state index contributed by atoms with van der Waals surface area (Å²) in [6.07, 6.45) is 1.50. The monoisotopic (exact) mass is 113 g/mol. The van der Waals surface area contributed by atoms with Crippen molar-refractivity contribution in [3.05, 3.63) is 12.3 Å². The number of nitrogens with zero attached hydrogens (tertiary/aromatic N) is 2. The predicted molar refractivity (Wildman–Crippen MR) is 35.3 cm³/mol. The van der Waals surface area contributed by atoms with Crippen LogP contribution in [0.2, 0.25) is 0 Å². The summed E-state index contributed by atoms with van der Waals surface area (Å²) < 4.78 is 0. The summed E-state index contributed by atoms with van der Waals surface area (Å²) in [4.78, 5) is 1.74. The predicted octanol–water partition coefficient (Wildman–Crippen LogP) is 0.354. The van der Waals surface area contributed by atoms with Crippen LogP contribution in [-0.4, -0.2) is 18.3 Å². The maximum atomic E-state index is 4.85. The van der Waals surface area contributed by atoms with Gasteiger partial charge in [0.25, 0.3) is 0 Å². The maximum Gasteiger partial charge on any atom is 0.114 e. The minimum absolute atomic E-state index is 0.916. The van der Waals surface area contributed by atoms with E-state index in [0.29, 0.717) is 0 Å². The molecule has 0 heterocycles. The SMILES string of the molecule is C=C(C)N(C)/C=N\N. The molecule has 3 nitrogen and oxygen atoms in total. The van der Waals surface area contributed by atoms with E-state index in [1.807, 2.05) is 14.0 Å². The lowest BCUT2D eigenvalue weighted by molar-refractivity contribution is 0.647. The van der Waals surface area contributed by atoms with E-state index in [4.69, 9.17) is 5.84 Å². The Morgan fingerprint density at radius 2 is 2.38 bits per heavy atom. The number of nitrogens with two attached hydrogens (primary N) is 1. The molecule has 0 aliphatic rings. The third-order valence-electron chi connectivity index (χ3n) is 0.842. The summed E-state index contributed by atoms with van der Waals surface area (Å²) in [7, 11) is 1.83. The van der Waals surface area contributed by atoms with Crippen molar-refractivity contribution >= 4 is 6.34 Å². The van der Waals surface area contributed by atoms with Gasteiger partial charge >= 0.3 is 0 Å². The third kappa shape index (κ3) is 2.23. The van der Waals surface area contributed by atoms with Crippen molar-refractivity contribution < 1.29 is 0 Å². The van der Waals surface area contributed by atoms with E-state index in [9.17, 15) is 0 Å². The third-order valence-corrected chi connectivity index (χ3v) is 0.842. The molecule has 0 aliphatic carbocycles. The fourth-order valence-electron chi connectivity index (χ4n) is 0.199. The molecule has 0 atom stereocenters. The molecule has 0 radical (unpaired) electrons. The van der Waals surface area contributed by atoms with E-state index in [2.05, 4.69) is 11.7 Å². The van der Waals surface area contributed by atoms with E-state index in [1.54, 1.807) is 4.90 Å². The van der Waals surface area contributed by atoms with Gasteiger partial charge in [0.1, 0.15) is 6.34 Å². The number of hydrogen-bond donors (Lipinski definition) is 1. The molecule has 46 valence electrons. The Bertz CT molecular complexity index is 106. The van der Waals surface area contributed by atoms with E-state index in [0.717, 1.165) is 5.70 Å². The van der Waals surface area contributed by atoms with E-state index >= 15 is 0 Å². The first kappa shape index (κ1) is 7.01. The van der Waals surface area contributed by atoms with Crippen molar-refractivity contribution in [3.63, 3.8) is 0 Å². The molecule has 0 unspecified atom stereocenters. The maximum absolute atomic E-state index is 4.85. The molecule has 0 rings (SSSR count). The summed E-state index contributed by atoms with van der Waals surface area (Å²) in [5.41, 5.74) is 0.916. The van der Waals surface area contributed by atoms with Gasteiger partial charge in [-0.15, -0.1) is 0 Å². The Labute approximate surface area is 49.5 Å². The fourth-order valence-corrected chi connectivity index (χ4v) is 0.199. The van der Waals surface area contributed by atoms with Gasteiger partial charge in [-0.3, -0.25) is 0 Å². The van der Waals surface area contributed by atoms with Crippen LogP contribution in [0.1, 0.15) is 6.92 Å². The van der Waals surface area contributed by atoms with Crippen LogP contribution < -0.4 is 5.84 Å². The largest absolute Gasteiger partial charge is 0.339 e. The molecule has 0 amide bonds. The lowest BCUT2D eigenvalue weighted by atomic mass is 10.5. The second-order valence-electron chi connectivity index (χ2n) is 1.61. The van der Waals surface area contributed by atoms with Crippen molar-refractivity contribution in [2.75, 3.05) is 7.05 Å². The summed E-state index contributed by atoms with van der Waals surface area (Å²) in [5.74, 6) is 4.85. The van der Waals surface area contributed by atoms with Crippen LogP contribution in [0.15, 0.2) is 17.4 Å². The minimum atomic E-state index is 0.916. The van der Waals surface area contributed by atoms with Crippen LogP contribution in [0.3, 0.4) is 0 Å². The number of allylic oxidation sites excluding steroid dienone is 1. The zero-order valence-corrected chi connectivity index (χ0v) is 5.26. The van der Waals surface area contributed by atoms with Crippen LogP contribution in [-0.2, 0) is 0 Å². The quantitative estimate of drug-likeness (QED) is 0.243. The Morgan fingerprint density at radius 1 is 1.88 bits per heavy atom. The molecule has 0 fully saturated rings. The standard InChI is InChI=1S/C5H11N3/c1-5(2)8(3)4-7-6/h4H,1,6H2,2-3H3/b7-4-. The van der Waals surface area contributed by atoms with Gasteiger partial charge in [0, 0.05) is 12.7 Å². The van der Waals surface area contributed by atoms with Gasteiger partial charge in [-0.2, -0.15) is 5.10 Å². The minimum Gasteiger partial charge on any atom is -0.339 e. The average Bonchev–Trinajstić information content (AvgIpc) is 1.67. The summed E-state index contributed by atoms with van der Waals surface area (Å²) in [6, 6.07) is 0. The molecule has 0 saturated heterocycles. The molecule has 3 heteroatoms. The van der Waals surface area contributed by atoms with E-state index in [1.165, 1.54) is 6.34 Å². The van der Waals surface area contributed by atoms with E-state index in [-0.39, 0.29) is 0 Å². The van der Waals surface area contributed by atoms with Crippen molar-refractivity contribution in [2.45, 2.75) is 6.92 Å². The first-order valence-electron chi connectivity index (χ1n) is 2.30. The lowest BCUT2D eigenvalue weighted by Crippen LogP contribution is -2.12. The fraction of sp³-hybridized carbons (Fsp3) is 0.400. The van der Waals surface area contributed by atoms with Crippen molar-refractivity contribution in [1.29, 1.82) is 0 Å². The lowest BCUT2D eigenvalue weighted by Gasteiger charge is -2.09. The Morgan fingerprint density at radius 3 is 2.50 bits per heavy atom. The second kappa shape index (κ2) is 3.07. The molecule has 2 N–H and O–H groups in total. The first-order valence-corrected chi connectivity index (χ1v) is 2.30. The molecule has 0 bridgehead atoms. The zero-order valence-electron chi connectivity index (χ0n) is 5.26. The summed E-state index contributed by atoms with van der Waals surface area (Å²) in [5, 5.41) is 3.30. The van der Waals surface area contributed by atoms with Crippen LogP contribution in [0.4, 0.5) is 0 Å². The summed E-state index contributed by atoms with van der Waals surface area (Å²) in [6.45, 7) is 5.53. The topological polar surface area (TPSA) is 41.6 Å². The van der Waals surface area contributed by atoms with E-state index < -0.39 is 0 Å². The van der Waals surface area contributed by atoms with Gasteiger partial charge in [0.05, 0.1) is 0 Å². The normalized spacial score (nSPS) is 9.75. The molecule has 8 heavy (non-hydrogen) atoms. The van der Waals surface area contributed by atoms with Crippen LogP contribution in [0.25, 0.3) is 0 Å². The van der Waals surface area contributed by atoms with Crippen LogP contribution in [0, 0.1) is 0 Å². The van der Waals surface area contributed by atoms with Crippen LogP contribution in [0.5, 0.6) is 0 Å². The molecule has 0 aromatic rings. The van der Waals surface area contributed by atoms with Crippen molar-refractivity contribution in [3.8, 4) is 0 Å². The van der Waals surface area contributed by atoms with Gasteiger partial charge in [-0.05, 0) is 6.92 Å². The average molecular weight is 113 g/mol. The van der Waals surface area contributed by atoms with Gasteiger partial charge in [0.15, 0.2) is 0 Å². The second-order valence-corrected chi connectivity index (χ2v) is 1.61. The molecular weight excluding hydrogens is 102 g/mol. The van der Waals surface area contributed by atoms with Crippen LogP contribution >= 0.6 is 0 Å².